The first-order valence-corrected chi connectivity index (χ1v) is 10.1. The van der Waals surface area contributed by atoms with Crippen LogP contribution in [0.4, 0.5) is 5.69 Å². The van der Waals surface area contributed by atoms with Gasteiger partial charge in [0.1, 0.15) is 0 Å². The lowest BCUT2D eigenvalue weighted by Crippen LogP contribution is -2.35. The first-order chi connectivity index (χ1) is 14.3. The number of anilines is 1. The van der Waals surface area contributed by atoms with Crippen LogP contribution in [0.25, 0.3) is 0 Å². The molecule has 4 rings (SSSR count). The summed E-state index contributed by atoms with van der Waals surface area (Å²) in [6, 6.07) is 26.5. The molecule has 0 aromatic heterocycles. The minimum Gasteiger partial charge on any atom is -0.325 e. The Balaban J connectivity index is 1.35. The van der Waals surface area contributed by atoms with Crippen LogP contribution in [0.5, 0.6) is 0 Å². The van der Waals surface area contributed by atoms with Crippen molar-refractivity contribution in [3.05, 3.63) is 101 Å². The molecule has 1 heterocycles. The van der Waals surface area contributed by atoms with Crippen LogP contribution in [-0.2, 0) is 11.2 Å². The molecule has 0 bridgehead atoms. The van der Waals surface area contributed by atoms with E-state index in [1.807, 2.05) is 30.3 Å². The number of amides is 1. The first kappa shape index (κ1) is 19.0. The predicted octanol–water partition coefficient (Wildman–Crippen LogP) is 4.37. The van der Waals surface area contributed by atoms with E-state index >= 15 is 0 Å². The highest BCUT2D eigenvalue weighted by atomic mass is 16.2. The molecule has 1 aliphatic rings. The summed E-state index contributed by atoms with van der Waals surface area (Å²) in [7, 11) is 0. The highest BCUT2D eigenvalue weighted by molar-refractivity contribution is 5.95. The lowest BCUT2D eigenvalue weighted by molar-refractivity contribution is -0.117. The molecular formula is C26H24N2O. The molecule has 1 fully saturated rings. The zero-order valence-corrected chi connectivity index (χ0v) is 16.3. The number of hydrogen-bond donors (Lipinski definition) is 2. The van der Waals surface area contributed by atoms with Gasteiger partial charge in [-0.1, -0.05) is 54.3 Å². The third-order valence-corrected chi connectivity index (χ3v) is 5.09. The van der Waals surface area contributed by atoms with Crippen LogP contribution < -0.4 is 10.6 Å². The third kappa shape index (κ3) is 5.34. The van der Waals surface area contributed by atoms with Gasteiger partial charge < -0.3 is 10.6 Å². The van der Waals surface area contributed by atoms with Crippen LogP contribution in [-0.4, -0.2) is 18.5 Å². The molecular weight excluding hydrogens is 356 g/mol. The standard InChI is InChI=1S/C26H24N2O/c29-26(25-7-4-18-27-25)28-24-16-14-21(15-17-24)9-8-20-10-12-23(13-11-20)19-22-5-2-1-3-6-22/h1-3,5-6,10-17,25,27H,4,7,18-19H2,(H,28,29)/t25-/m1/s1. The van der Waals surface area contributed by atoms with Gasteiger partial charge in [-0.05, 0) is 73.3 Å². The van der Waals surface area contributed by atoms with Gasteiger partial charge in [-0.25, -0.2) is 0 Å². The molecule has 0 spiro atoms. The summed E-state index contributed by atoms with van der Waals surface area (Å²) in [4.78, 5) is 12.2. The van der Waals surface area contributed by atoms with E-state index in [0.717, 1.165) is 42.6 Å². The summed E-state index contributed by atoms with van der Waals surface area (Å²) in [5, 5.41) is 6.17. The fraction of sp³-hybridized carbons (Fsp3) is 0.192. The van der Waals surface area contributed by atoms with Crippen LogP contribution >= 0.6 is 0 Å². The van der Waals surface area contributed by atoms with Crippen molar-refractivity contribution in [2.24, 2.45) is 0 Å². The minimum absolute atomic E-state index is 0.0388. The van der Waals surface area contributed by atoms with Crippen LogP contribution in [0.15, 0.2) is 78.9 Å². The number of hydrogen-bond acceptors (Lipinski definition) is 2. The van der Waals surface area contributed by atoms with Gasteiger partial charge in [-0.3, -0.25) is 4.79 Å². The summed E-state index contributed by atoms with van der Waals surface area (Å²) in [5.41, 5.74) is 5.31. The highest BCUT2D eigenvalue weighted by Crippen LogP contribution is 2.13. The van der Waals surface area contributed by atoms with Crippen molar-refractivity contribution >= 4 is 11.6 Å². The van der Waals surface area contributed by atoms with E-state index in [0.29, 0.717) is 0 Å². The zero-order chi connectivity index (χ0) is 19.9. The molecule has 2 N–H and O–H groups in total. The van der Waals surface area contributed by atoms with E-state index in [4.69, 9.17) is 0 Å². The maximum Gasteiger partial charge on any atom is 0.241 e. The average Bonchev–Trinajstić information content (AvgIpc) is 3.30. The summed E-state index contributed by atoms with van der Waals surface area (Å²) >= 11 is 0. The smallest absolute Gasteiger partial charge is 0.241 e. The number of benzene rings is 3. The van der Waals surface area contributed by atoms with E-state index < -0.39 is 0 Å². The predicted molar refractivity (Wildman–Crippen MR) is 118 cm³/mol. The highest BCUT2D eigenvalue weighted by Gasteiger charge is 2.21. The van der Waals surface area contributed by atoms with E-state index in [1.165, 1.54) is 11.1 Å². The van der Waals surface area contributed by atoms with Gasteiger partial charge in [0.05, 0.1) is 6.04 Å². The van der Waals surface area contributed by atoms with Gasteiger partial charge >= 0.3 is 0 Å². The Bertz CT molecular complexity index is 1010. The quantitative estimate of drug-likeness (QED) is 0.660. The molecule has 1 aliphatic heterocycles. The van der Waals surface area contributed by atoms with Gasteiger partial charge in [0.15, 0.2) is 0 Å². The fourth-order valence-corrected chi connectivity index (χ4v) is 3.46. The van der Waals surface area contributed by atoms with Crippen molar-refractivity contribution in [3.63, 3.8) is 0 Å². The van der Waals surface area contributed by atoms with Crippen LogP contribution in [0.3, 0.4) is 0 Å². The molecule has 0 aliphatic carbocycles. The maximum absolute atomic E-state index is 12.2. The number of carbonyl (C=O) groups is 1. The van der Waals surface area contributed by atoms with Crippen molar-refractivity contribution in [2.45, 2.75) is 25.3 Å². The Morgan fingerprint density at radius 1 is 0.862 bits per heavy atom. The maximum atomic E-state index is 12.2. The Labute approximate surface area is 172 Å². The number of rotatable bonds is 4. The van der Waals surface area contributed by atoms with Gasteiger partial charge in [-0.15, -0.1) is 0 Å². The van der Waals surface area contributed by atoms with Gasteiger partial charge in [0, 0.05) is 16.8 Å². The topological polar surface area (TPSA) is 41.1 Å². The number of nitrogens with one attached hydrogen (secondary N) is 2. The average molecular weight is 380 g/mol. The lowest BCUT2D eigenvalue weighted by atomic mass is 10.0. The molecule has 3 nitrogen and oxygen atoms in total. The second-order valence-electron chi connectivity index (χ2n) is 7.32. The summed E-state index contributed by atoms with van der Waals surface area (Å²) in [5.74, 6) is 6.44. The van der Waals surface area contributed by atoms with Gasteiger partial charge in [0.25, 0.3) is 0 Å². The molecule has 1 saturated heterocycles. The number of carbonyl (C=O) groups excluding carboxylic acids is 1. The second kappa shape index (κ2) is 9.23. The second-order valence-corrected chi connectivity index (χ2v) is 7.32. The summed E-state index contributed by atoms with van der Waals surface area (Å²) in [6.45, 7) is 0.917. The molecule has 1 amide bonds. The molecule has 144 valence electrons. The molecule has 1 atom stereocenters. The van der Waals surface area contributed by atoms with Crippen LogP contribution in [0.2, 0.25) is 0 Å². The van der Waals surface area contributed by atoms with Crippen molar-refractivity contribution in [1.29, 1.82) is 0 Å². The molecule has 0 unspecified atom stereocenters. The van der Waals surface area contributed by atoms with Crippen molar-refractivity contribution in [1.82, 2.24) is 5.32 Å². The molecule has 29 heavy (non-hydrogen) atoms. The largest absolute Gasteiger partial charge is 0.325 e. The van der Waals surface area contributed by atoms with E-state index in [1.54, 1.807) is 0 Å². The zero-order valence-electron chi connectivity index (χ0n) is 16.3. The van der Waals surface area contributed by atoms with Crippen LogP contribution in [0, 0.1) is 11.8 Å². The Morgan fingerprint density at radius 3 is 2.10 bits per heavy atom. The normalized spacial score (nSPS) is 15.4. The summed E-state index contributed by atoms with van der Waals surface area (Å²) < 4.78 is 0. The Morgan fingerprint density at radius 2 is 1.48 bits per heavy atom. The summed E-state index contributed by atoms with van der Waals surface area (Å²) in [6.07, 6.45) is 2.89. The Hall–Kier alpha value is -3.35. The SMILES string of the molecule is O=C(Nc1ccc(C#Cc2ccc(Cc3ccccc3)cc2)cc1)[C@H]1CCCN1. The van der Waals surface area contributed by atoms with E-state index in [2.05, 4.69) is 71.0 Å². The molecule has 0 saturated carbocycles. The van der Waals surface area contributed by atoms with Crippen LogP contribution in [0.1, 0.15) is 35.1 Å². The van der Waals surface area contributed by atoms with Crippen molar-refractivity contribution < 1.29 is 4.79 Å². The molecule has 3 aromatic rings. The monoisotopic (exact) mass is 380 g/mol. The minimum atomic E-state index is -0.0701. The van der Waals surface area contributed by atoms with E-state index in [9.17, 15) is 4.79 Å². The fourth-order valence-electron chi connectivity index (χ4n) is 3.46. The first-order valence-electron chi connectivity index (χ1n) is 10.1. The molecule has 3 aromatic carbocycles. The van der Waals surface area contributed by atoms with Crippen molar-refractivity contribution in [3.8, 4) is 11.8 Å². The van der Waals surface area contributed by atoms with E-state index in [-0.39, 0.29) is 11.9 Å². The Kier molecular flexibility index (Phi) is 6.04. The lowest BCUT2D eigenvalue weighted by Gasteiger charge is -2.10. The van der Waals surface area contributed by atoms with Gasteiger partial charge in [0.2, 0.25) is 5.91 Å². The van der Waals surface area contributed by atoms with Crippen molar-refractivity contribution in [2.75, 3.05) is 11.9 Å². The third-order valence-electron chi connectivity index (χ3n) is 5.09. The molecule has 3 heteroatoms. The molecule has 0 radical (unpaired) electrons. The van der Waals surface area contributed by atoms with Gasteiger partial charge in [-0.2, -0.15) is 0 Å².